The van der Waals surface area contributed by atoms with Gasteiger partial charge >= 0.3 is 0 Å². The quantitative estimate of drug-likeness (QED) is 0.677. The van der Waals surface area contributed by atoms with Gasteiger partial charge in [0.15, 0.2) is 0 Å². The van der Waals surface area contributed by atoms with E-state index in [1.54, 1.807) is 11.2 Å². The van der Waals surface area contributed by atoms with Gasteiger partial charge in [0.05, 0.1) is 25.9 Å². The van der Waals surface area contributed by atoms with Crippen molar-refractivity contribution < 1.29 is 9.21 Å². The van der Waals surface area contributed by atoms with Gasteiger partial charge in [0.1, 0.15) is 5.76 Å². The molecule has 6 nitrogen and oxygen atoms in total. The molecule has 4 rings (SSSR count). The number of nitrogens with zero attached hydrogens (tertiary/aromatic N) is 2. The third-order valence-electron chi connectivity index (χ3n) is 5.82. The molecule has 0 bridgehead atoms. The van der Waals surface area contributed by atoms with Crippen molar-refractivity contribution in [2.75, 3.05) is 19.6 Å². The topological polar surface area (TPSA) is 69.5 Å². The summed E-state index contributed by atoms with van der Waals surface area (Å²) in [5, 5.41) is 0.972. The van der Waals surface area contributed by atoms with Crippen LogP contribution in [-0.4, -0.2) is 40.3 Å². The number of aryl methyl sites for hydroxylation is 1. The molecule has 1 fully saturated rings. The van der Waals surface area contributed by atoms with Gasteiger partial charge in [-0.2, -0.15) is 0 Å². The minimum atomic E-state index is -0.157. The molecule has 6 heteroatoms. The van der Waals surface area contributed by atoms with Gasteiger partial charge in [-0.3, -0.25) is 14.5 Å². The number of likely N-dealkylation sites (tertiary alicyclic amines) is 1. The maximum atomic E-state index is 13.2. The summed E-state index contributed by atoms with van der Waals surface area (Å²) < 4.78 is 5.48. The fourth-order valence-electron chi connectivity index (χ4n) is 4.24. The minimum absolute atomic E-state index is 0.0178. The van der Waals surface area contributed by atoms with Gasteiger partial charge in [0.2, 0.25) is 5.91 Å². The molecule has 158 valence electrons. The summed E-state index contributed by atoms with van der Waals surface area (Å²) in [6, 6.07) is 11.5. The van der Waals surface area contributed by atoms with E-state index in [4.69, 9.17) is 4.42 Å². The highest BCUT2D eigenvalue weighted by molar-refractivity contribution is 5.80. The zero-order valence-electron chi connectivity index (χ0n) is 17.7. The molecule has 0 saturated carbocycles. The fourth-order valence-corrected chi connectivity index (χ4v) is 4.24. The SMILES string of the molecule is Cc1ccc2[nH]c(=O)c(CN(Cc3ccco3)C(=O)CN3CCC[C@@H](C)C3)cc2c1. The Morgan fingerprint density at radius 3 is 2.90 bits per heavy atom. The average Bonchev–Trinajstić information content (AvgIpc) is 3.21. The molecule has 0 unspecified atom stereocenters. The first-order chi connectivity index (χ1) is 14.5. The van der Waals surface area contributed by atoms with E-state index < -0.39 is 0 Å². The molecular weight excluding hydrogens is 378 g/mol. The Morgan fingerprint density at radius 1 is 1.27 bits per heavy atom. The first-order valence-corrected chi connectivity index (χ1v) is 10.6. The van der Waals surface area contributed by atoms with Crippen LogP contribution < -0.4 is 5.56 Å². The van der Waals surface area contributed by atoms with E-state index in [1.165, 1.54) is 6.42 Å². The van der Waals surface area contributed by atoms with Crippen molar-refractivity contribution in [2.24, 2.45) is 5.92 Å². The van der Waals surface area contributed by atoms with Crippen LogP contribution in [0.4, 0.5) is 0 Å². The number of pyridine rings is 1. The van der Waals surface area contributed by atoms with Gasteiger partial charge in [0.25, 0.3) is 5.56 Å². The third-order valence-corrected chi connectivity index (χ3v) is 5.82. The van der Waals surface area contributed by atoms with Gasteiger partial charge in [-0.15, -0.1) is 0 Å². The van der Waals surface area contributed by atoms with Crippen LogP contribution in [0.3, 0.4) is 0 Å². The number of benzene rings is 1. The van der Waals surface area contributed by atoms with Crippen molar-refractivity contribution in [1.82, 2.24) is 14.8 Å². The van der Waals surface area contributed by atoms with Crippen molar-refractivity contribution in [1.29, 1.82) is 0 Å². The van der Waals surface area contributed by atoms with Gasteiger partial charge in [0, 0.05) is 17.6 Å². The molecule has 3 heterocycles. The zero-order valence-corrected chi connectivity index (χ0v) is 17.7. The number of amides is 1. The van der Waals surface area contributed by atoms with Crippen molar-refractivity contribution in [3.05, 3.63) is 69.9 Å². The van der Waals surface area contributed by atoms with Crippen LogP contribution in [0.2, 0.25) is 0 Å². The van der Waals surface area contributed by atoms with Crippen LogP contribution in [0.1, 0.15) is 36.7 Å². The highest BCUT2D eigenvalue weighted by Crippen LogP contribution is 2.18. The number of furan rings is 1. The summed E-state index contributed by atoms with van der Waals surface area (Å²) >= 11 is 0. The summed E-state index contributed by atoms with van der Waals surface area (Å²) in [6.45, 7) is 7.11. The summed E-state index contributed by atoms with van der Waals surface area (Å²) in [6.07, 6.45) is 3.94. The van der Waals surface area contributed by atoms with Crippen molar-refractivity contribution in [3.63, 3.8) is 0 Å². The number of carbonyl (C=O) groups is 1. The molecule has 1 aliphatic rings. The fraction of sp³-hybridized carbons (Fsp3) is 0.417. The van der Waals surface area contributed by atoms with Crippen molar-refractivity contribution >= 4 is 16.8 Å². The van der Waals surface area contributed by atoms with Crippen LogP contribution in [0.5, 0.6) is 0 Å². The smallest absolute Gasteiger partial charge is 0.253 e. The Balaban J connectivity index is 1.58. The van der Waals surface area contributed by atoms with E-state index in [-0.39, 0.29) is 18.0 Å². The van der Waals surface area contributed by atoms with E-state index in [0.717, 1.165) is 36.0 Å². The van der Waals surface area contributed by atoms with Gasteiger partial charge in [-0.1, -0.05) is 18.6 Å². The lowest BCUT2D eigenvalue weighted by Gasteiger charge is -2.32. The predicted molar refractivity (Wildman–Crippen MR) is 117 cm³/mol. The minimum Gasteiger partial charge on any atom is -0.467 e. The molecule has 3 aromatic rings. The van der Waals surface area contributed by atoms with E-state index in [2.05, 4.69) is 16.8 Å². The Morgan fingerprint density at radius 2 is 2.13 bits per heavy atom. The van der Waals surface area contributed by atoms with Crippen LogP contribution in [0.15, 0.2) is 51.9 Å². The predicted octanol–water partition coefficient (Wildman–Crippen LogP) is 3.69. The van der Waals surface area contributed by atoms with Crippen LogP contribution >= 0.6 is 0 Å². The van der Waals surface area contributed by atoms with Gasteiger partial charge in [-0.05, 0) is 67.9 Å². The standard InChI is InChI=1S/C24H29N3O3/c1-17-7-8-22-19(11-17)12-20(24(29)25-22)14-27(15-21-6-4-10-30-21)23(28)16-26-9-3-5-18(2)13-26/h4,6-8,10-12,18H,3,5,9,13-16H2,1-2H3,(H,25,29)/t18-/m1/s1. The molecule has 30 heavy (non-hydrogen) atoms. The molecule has 0 radical (unpaired) electrons. The van der Waals surface area contributed by atoms with Crippen molar-refractivity contribution in [3.8, 4) is 0 Å². The highest BCUT2D eigenvalue weighted by atomic mass is 16.3. The largest absolute Gasteiger partial charge is 0.467 e. The second kappa shape index (κ2) is 8.88. The van der Waals surface area contributed by atoms with Crippen LogP contribution in [-0.2, 0) is 17.9 Å². The summed E-state index contributed by atoms with van der Waals surface area (Å²) in [5.74, 6) is 1.34. The second-order valence-electron chi connectivity index (χ2n) is 8.53. The summed E-state index contributed by atoms with van der Waals surface area (Å²) in [7, 11) is 0. The third kappa shape index (κ3) is 4.82. The van der Waals surface area contributed by atoms with E-state index in [0.29, 0.717) is 30.3 Å². The Bertz CT molecular complexity index is 1070. The highest BCUT2D eigenvalue weighted by Gasteiger charge is 2.23. The molecule has 1 amide bonds. The molecule has 1 atom stereocenters. The van der Waals surface area contributed by atoms with Crippen molar-refractivity contribution in [2.45, 2.75) is 39.8 Å². The van der Waals surface area contributed by atoms with E-state index in [1.807, 2.05) is 43.3 Å². The second-order valence-corrected chi connectivity index (χ2v) is 8.53. The van der Waals surface area contributed by atoms with Crippen LogP contribution in [0.25, 0.3) is 10.9 Å². The summed E-state index contributed by atoms with van der Waals surface area (Å²) in [5.41, 5.74) is 2.36. The Labute approximate surface area is 176 Å². The number of aromatic amines is 1. The molecule has 1 saturated heterocycles. The zero-order chi connectivity index (χ0) is 21.1. The monoisotopic (exact) mass is 407 g/mol. The first kappa shape index (κ1) is 20.4. The molecule has 0 aliphatic carbocycles. The normalized spacial score (nSPS) is 17.3. The maximum absolute atomic E-state index is 13.2. The molecule has 1 aliphatic heterocycles. The Kier molecular flexibility index (Phi) is 6.04. The number of piperidine rings is 1. The average molecular weight is 408 g/mol. The molecule has 2 aromatic heterocycles. The number of hydrogen-bond acceptors (Lipinski definition) is 4. The lowest BCUT2D eigenvalue weighted by atomic mass is 10.0. The lowest BCUT2D eigenvalue weighted by molar-refractivity contribution is -0.134. The number of carbonyl (C=O) groups excluding carboxylic acids is 1. The Hall–Kier alpha value is -2.86. The first-order valence-electron chi connectivity index (χ1n) is 10.6. The van der Waals surface area contributed by atoms with E-state index in [9.17, 15) is 9.59 Å². The molecule has 1 aromatic carbocycles. The molecular formula is C24H29N3O3. The van der Waals surface area contributed by atoms with E-state index >= 15 is 0 Å². The summed E-state index contributed by atoms with van der Waals surface area (Å²) in [4.78, 5) is 32.8. The molecule has 1 N–H and O–H groups in total. The number of aromatic nitrogens is 1. The number of nitrogens with one attached hydrogen (secondary N) is 1. The number of rotatable bonds is 6. The number of hydrogen-bond donors (Lipinski definition) is 1. The number of H-pyrrole nitrogens is 1. The van der Waals surface area contributed by atoms with Crippen LogP contribution in [0, 0.1) is 12.8 Å². The number of fused-ring (bicyclic) bond motifs is 1. The van der Waals surface area contributed by atoms with Gasteiger partial charge in [-0.25, -0.2) is 0 Å². The molecule has 0 spiro atoms. The lowest BCUT2D eigenvalue weighted by Crippen LogP contribution is -2.43. The maximum Gasteiger partial charge on any atom is 0.253 e. The van der Waals surface area contributed by atoms with Gasteiger partial charge < -0.3 is 14.3 Å².